The highest BCUT2D eigenvalue weighted by Crippen LogP contribution is 2.23. The van der Waals surface area contributed by atoms with Crippen LogP contribution in [-0.2, 0) is 4.79 Å². The van der Waals surface area contributed by atoms with Crippen LogP contribution in [0, 0.1) is 0 Å². The molecule has 1 aromatic heterocycles. The SMILES string of the molecule is Nc1ccc(C(C(=O)O)c2ccccn2)cc1. The normalized spacial score (nSPS) is 12.0. The molecule has 0 aliphatic carbocycles. The number of aliphatic carboxylic acids is 1. The second-order valence-electron chi connectivity index (χ2n) is 3.69. The maximum Gasteiger partial charge on any atom is 0.317 e. The van der Waals surface area contributed by atoms with Gasteiger partial charge in [0.05, 0.1) is 5.69 Å². The van der Waals surface area contributed by atoms with Gasteiger partial charge >= 0.3 is 5.97 Å². The first kappa shape index (κ1) is 11.1. The molecule has 1 atom stereocenters. The topological polar surface area (TPSA) is 76.2 Å². The maximum atomic E-state index is 11.3. The first-order chi connectivity index (χ1) is 8.18. The number of pyridine rings is 1. The van der Waals surface area contributed by atoms with Gasteiger partial charge in [0.2, 0.25) is 0 Å². The van der Waals surface area contributed by atoms with Crippen molar-refractivity contribution in [3.8, 4) is 0 Å². The van der Waals surface area contributed by atoms with Crippen LogP contribution in [0.15, 0.2) is 48.7 Å². The van der Waals surface area contributed by atoms with Gasteiger partial charge in [-0.1, -0.05) is 18.2 Å². The second kappa shape index (κ2) is 4.65. The summed E-state index contributed by atoms with van der Waals surface area (Å²) in [5.74, 6) is -1.68. The van der Waals surface area contributed by atoms with Crippen molar-refractivity contribution in [1.29, 1.82) is 0 Å². The minimum atomic E-state index is -0.923. The molecule has 17 heavy (non-hydrogen) atoms. The molecule has 0 saturated carbocycles. The number of aromatic nitrogens is 1. The lowest BCUT2D eigenvalue weighted by Crippen LogP contribution is -2.14. The van der Waals surface area contributed by atoms with Crippen LogP contribution in [0.2, 0.25) is 0 Å². The van der Waals surface area contributed by atoms with Crippen molar-refractivity contribution in [1.82, 2.24) is 4.98 Å². The zero-order chi connectivity index (χ0) is 12.3. The molecule has 86 valence electrons. The van der Waals surface area contributed by atoms with Crippen molar-refractivity contribution >= 4 is 11.7 Å². The molecule has 0 amide bonds. The van der Waals surface area contributed by atoms with Crippen molar-refractivity contribution in [2.75, 3.05) is 5.73 Å². The lowest BCUT2D eigenvalue weighted by Gasteiger charge is -2.12. The molecule has 2 aromatic rings. The van der Waals surface area contributed by atoms with E-state index in [1.165, 1.54) is 0 Å². The Kier molecular flexibility index (Phi) is 3.05. The van der Waals surface area contributed by atoms with Crippen molar-refractivity contribution in [3.63, 3.8) is 0 Å². The molecule has 0 fully saturated rings. The summed E-state index contributed by atoms with van der Waals surface area (Å²) in [6, 6.07) is 12.0. The van der Waals surface area contributed by atoms with Crippen LogP contribution >= 0.6 is 0 Å². The minimum absolute atomic E-state index is 0.518. The lowest BCUT2D eigenvalue weighted by atomic mass is 9.95. The monoisotopic (exact) mass is 228 g/mol. The van der Waals surface area contributed by atoms with Crippen molar-refractivity contribution in [2.45, 2.75) is 5.92 Å². The Bertz CT molecular complexity index is 509. The molecule has 0 spiro atoms. The quantitative estimate of drug-likeness (QED) is 0.786. The number of nitrogens with zero attached hydrogens (tertiary/aromatic N) is 1. The summed E-state index contributed by atoms with van der Waals surface area (Å²) in [5.41, 5.74) is 7.38. The first-order valence-corrected chi connectivity index (χ1v) is 5.17. The first-order valence-electron chi connectivity index (χ1n) is 5.17. The number of anilines is 1. The van der Waals surface area contributed by atoms with Crippen LogP contribution in [-0.4, -0.2) is 16.1 Å². The number of carboxylic acids is 1. The maximum absolute atomic E-state index is 11.3. The van der Waals surface area contributed by atoms with E-state index in [0.717, 1.165) is 0 Å². The van der Waals surface area contributed by atoms with Gasteiger partial charge in [-0.3, -0.25) is 9.78 Å². The standard InChI is InChI=1S/C13H12N2O2/c14-10-6-4-9(5-7-10)12(13(16)17)11-3-1-2-8-15-11/h1-8,12H,14H2,(H,16,17). The van der Waals surface area contributed by atoms with Gasteiger partial charge in [-0.25, -0.2) is 0 Å². The van der Waals surface area contributed by atoms with E-state index < -0.39 is 11.9 Å². The smallest absolute Gasteiger partial charge is 0.317 e. The van der Waals surface area contributed by atoms with Crippen LogP contribution < -0.4 is 5.73 Å². The molecule has 1 heterocycles. The van der Waals surface area contributed by atoms with Gasteiger partial charge in [-0.15, -0.1) is 0 Å². The van der Waals surface area contributed by atoms with Gasteiger partial charge in [-0.05, 0) is 29.8 Å². The number of nitrogen functional groups attached to an aromatic ring is 1. The largest absolute Gasteiger partial charge is 0.480 e. The summed E-state index contributed by atoms with van der Waals surface area (Å²) < 4.78 is 0. The summed E-state index contributed by atoms with van der Waals surface area (Å²) in [7, 11) is 0. The van der Waals surface area contributed by atoms with E-state index in [1.54, 1.807) is 48.7 Å². The van der Waals surface area contributed by atoms with Crippen molar-refractivity contribution in [2.24, 2.45) is 0 Å². The molecule has 3 N–H and O–H groups in total. The molecular weight excluding hydrogens is 216 g/mol. The number of hydrogen-bond donors (Lipinski definition) is 2. The molecule has 4 heteroatoms. The average molecular weight is 228 g/mol. The Morgan fingerprint density at radius 1 is 1.18 bits per heavy atom. The molecule has 1 aromatic carbocycles. The fraction of sp³-hybridized carbons (Fsp3) is 0.0769. The molecule has 0 radical (unpaired) electrons. The van der Waals surface area contributed by atoms with E-state index in [4.69, 9.17) is 5.73 Å². The molecule has 4 nitrogen and oxygen atoms in total. The third-order valence-corrected chi connectivity index (χ3v) is 2.50. The van der Waals surface area contributed by atoms with Gasteiger partial charge in [0.25, 0.3) is 0 Å². The third kappa shape index (κ3) is 2.42. The number of hydrogen-bond acceptors (Lipinski definition) is 3. The van der Waals surface area contributed by atoms with Crippen LogP contribution in [0.4, 0.5) is 5.69 Å². The zero-order valence-corrected chi connectivity index (χ0v) is 9.08. The van der Waals surface area contributed by atoms with E-state index in [9.17, 15) is 9.90 Å². The molecule has 0 bridgehead atoms. The van der Waals surface area contributed by atoms with Crippen LogP contribution in [0.3, 0.4) is 0 Å². The van der Waals surface area contributed by atoms with E-state index in [0.29, 0.717) is 16.9 Å². The van der Waals surface area contributed by atoms with Crippen LogP contribution in [0.25, 0.3) is 0 Å². The minimum Gasteiger partial charge on any atom is -0.480 e. The zero-order valence-electron chi connectivity index (χ0n) is 9.08. The Morgan fingerprint density at radius 2 is 1.88 bits per heavy atom. The summed E-state index contributed by atoms with van der Waals surface area (Å²) >= 11 is 0. The molecule has 0 saturated heterocycles. The highest BCUT2D eigenvalue weighted by Gasteiger charge is 2.22. The predicted octanol–water partition coefficient (Wildman–Crippen LogP) is 1.88. The molecule has 1 unspecified atom stereocenters. The molecule has 0 aliphatic rings. The number of rotatable bonds is 3. The Morgan fingerprint density at radius 3 is 2.41 bits per heavy atom. The summed E-state index contributed by atoms with van der Waals surface area (Å²) in [5, 5.41) is 9.28. The molecular formula is C13H12N2O2. The van der Waals surface area contributed by atoms with E-state index in [1.807, 2.05) is 0 Å². The Hall–Kier alpha value is -2.36. The number of carboxylic acid groups (broad SMARTS) is 1. The summed E-state index contributed by atoms with van der Waals surface area (Å²) in [4.78, 5) is 15.4. The fourth-order valence-electron chi connectivity index (χ4n) is 1.68. The fourth-order valence-corrected chi connectivity index (χ4v) is 1.68. The molecule has 2 rings (SSSR count). The van der Waals surface area contributed by atoms with E-state index >= 15 is 0 Å². The number of carbonyl (C=O) groups is 1. The highest BCUT2D eigenvalue weighted by atomic mass is 16.4. The third-order valence-electron chi connectivity index (χ3n) is 2.50. The Labute approximate surface area is 98.7 Å². The van der Waals surface area contributed by atoms with E-state index in [2.05, 4.69) is 4.98 Å². The predicted molar refractivity (Wildman–Crippen MR) is 64.6 cm³/mol. The Balaban J connectivity index is 2.43. The highest BCUT2D eigenvalue weighted by molar-refractivity contribution is 5.79. The second-order valence-corrected chi connectivity index (χ2v) is 3.69. The summed E-state index contributed by atoms with van der Waals surface area (Å²) in [6.07, 6.45) is 1.59. The van der Waals surface area contributed by atoms with Crippen molar-refractivity contribution in [3.05, 3.63) is 59.9 Å². The van der Waals surface area contributed by atoms with Gasteiger partial charge < -0.3 is 10.8 Å². The number of nitrogens with two attached hydrogens (primary N) is 1. The lowest BCUT2D eigenvalue weighted by molar-refractivity contribution is -0.137. The van der Waals surface area contributed by atoms with Crippen molar-refractivity contribution < 1.29 is 9.90 Å². The summed E-state index contributed by atoms with van der Waals surface area (Å²) in [6.45, 7) is 0. The number of benzene rings is 1. The van der Waals surface area contributed by atoms with Crippen LogP contribution in [0.1, 0.15) is 17.2 Å². The van der Waals surface area contributed by atoms with Gasteiger partial charge in [0, 0.05) is 11.9 Å². The molecule has 0 aliphatic heterocycles. The van der Waals surface area contributed by atoms with E-state index in [-0.39, 0.29) is 0 Å². The van der Waals surface area contributed by atoms with Gasteiger partial charge in [-0.2, -0.15) is 0 Å². The van der Waals surface area contributed by atoms with Gasteiger partial charge in [0.1, 0.15) is 5.92 Å². The average Bonchev–Trinajstić information content (AvgIpc) is 2.33. The van der Waals surface area contributed by atoms with Crippen LogP contribution in [0.5, 0.6) is 0 Å². The van der Waals surface area contributed by atoms with Gasteiger partial charge in [0.15, 0.2) is 0 Å².